The summed E-state index contributed by atoms with van der Waals surface area (Å²) >= 11 is 12.5. The third kappa shape index (κ3) is 5.08. The van der Waals surface area contributed by atoms with Crippen LogP contribution in [0.25, 0.3) is 0 Å². The molecule has 3 aliphatic heterocycles. The predicted molar refractivity (Wildman–Crippen MR) is 148 cm³/mol. The molecule has 10 heteroatoms. The van der Waals surface area contributed by atoms with Crippen molar-refractivity contribution < 1.29 is 28.6 Å². The number of benzene rings is 2. The number of carbonyl (C=O) groups excluding carboxylic acids is 1. The Morgan fingerprint density at radius 3 is 2.60 bits per heavy atom. The van der Waals surface area contributed by atoms with Crippen molar-refractivity contribution in [2.45, 2.75) is 63.1 Å². The van der Waals surface area contributed by atoms with Crippen LogP contribution in [0, 0.1) is 17.7 Å². The number of likely N-dealkylation sites (tertiary alicyclic amines) is 1. The summed E-state index contributed by atoms with van der Waals surface area (Å²) in [6.07, 6.45) is 4.34. The molecule has 40 heavy (non-hydrogen) atoms. The van der Waals surface area contributed by atoms with Gasteiger partial charge in [0.1, 0.15) is 17.2 Å². The van der Waals surface area contributed by atoms with Gasteiger partial charge in [0.05, 0.1) is 23.7 Å². The SMILES string of the molecule is C[C@H]1CN([C@@H]2CC[C@@](C(=O)N3COc4c(Cl)cc(Cl)cc4C3)(C3CC3)OC2)CCC1c1ccc(F)c(C(=O)O)c1. The highest BCUT2D eigenvalue weighted by Crippen LogP contribution is 2.49. The average Bonchev–Trinajstić information content (AvgIpc) is 3.79. The van der Waals surface area contributed by atoms with E-state index in [-0.39, 0.29) is 42.0 Å². The summed E-state index contributed by atoms with van der Waals surface area (Å²) < 4.78 is 26.4. The van der Waals surface area contributed by atoms with Crippen molar-refractivity contribution in [2.75, 3.05) is 26.4 Å². The van der Waals surface area contributed by atoms with Crippen molar-refractivity contribution in [3.63, 3.8) is 0 Å². The highest BCUT2D eigenvalue weighted by molar-refractivity contribution is 6.35. The van der Waals surface area contributed by atoms with E-state index in [4.69, 9.17) is 32.7 Å². The number of hydrogen-bond acceptors (Lipinski definition) is 5. The van der Waals surface area contributed by atoms with Gasteiger partial charge < -0.3 is 19.5 Å². The molecule has 0 spiro atoms. The molecular weight excluding hydrogens is 558 g/mol. The third-order valence-electron chi connectivity index (χ3n) is 9.18. The molecule has 1 amide bonds. The summed E-state index contributed by atoms with van der Waals surface area (Å²) in [5.74, 6) is -0.743. The van der Waals surface area contributed by atoms with Crippen LogP contribution >= 0.6 is 23.2 Å². The molecule has 1 N–H and O–H groups in total. The zero-order chi connectivity index (χ0) is 28.2. The Bertz CT molecular complexity index is 1330. The fourth-order valence-corrected chi connectivity index (χ4v) is 7.50. The van der Waals surface area contributed by atoms with E-state index in [1.165, 1.54) is 12.1 Å². The molecule has 0 radical (unpaired) electrons. The van der Waals surface area contributed by atoms with Crippen LogP contribution in [0.15, 0.2) is 30.3 Å². The van der Waals surface area contributed by atoms with E-state index in [9.17, 15) is 19.1 Å². The summed E-state index contributed by atoms with van der Waals surface area (Å²) in [6.45, 7) is 4.84. The van der Waals surface area contributed by atoms with Crippen LogP contribution in [-0.4, -0.2) is 64.9 Å². The lowest BCUT2D eigenvalue weighted by atomic mass is 9.79. The second-order valence-electron chi connectivity index (χ2n) is 11.7. The number of amides is 1. The fourth-order valence-electron chi connectivity index (χ4n) is 6.91. The monoisotopic (exact) mass is 590 g/mol. The topological polar surface area (TPSA) is 79.3 Å². The maximum atomic E-state index is 13.9. The molecule has 4 atom stereocenters. The van der Waals surface area contributed by atoms with Gasteiger partial charge >= 0.3 is 5.97 Å². The lowest BCUT2D eigenvalue weighted by molar-refractivity contribution is -0.180. The molecule has 214 valence electrons. The number of carboxylic acid groups (broad SMARTS) is 1. The lowest BCUT2D eigenvalue weighted by Crippen LogP contribution is -2.59. The maximum absolute atomic E-state index is 13.9. The van der Waals surface area contributed by atoms with Crippen LogP contribution in [0.1, 0.15) is 66.4 Å². The zero-order valence-corrected chi connectivity index (χ0v) is 23.9. The summed E-state index contributed by atoms with van der Waals surface area (Å²) in [5, 5.41) is 10.3. The van der Waals surface area contributed by atoms with Gasteiger partial charge in [0.15, 0.2) is 6.73 Å². The Labute approximate surface area is 243 Å². The van der Waals surface area contributed by atoms with Crippen molar-refractivity contribution in [3.8, 4) is 5.75 Å². The number of halogens is 3. The van der Waals surface area contributed by atoms with Gasteiger partial charge in [0.2, 0.25) is 0 Å². The third-order valence-corrected chi connectivity index (χ3v) is 9.68. The van der Waals surface area contributed by atoms with Crippen LogP contribution < -0.4 is 4.74 Å². The summed E-state index contributed by atoms with van der Waals surface area (Å²) in [5.41, 5.74) is 0.565. The molecule has 3 heterocycles. The first kappa shape index (κ1) is 27.8. The largest absolute Gasteiger partial charge is 0.478 e. The zero-order valence-electron chi connectivity index (χ0n) is 22.4. The van der Waals surface area contributed by atoms with Gasteiger partial charge in [0, 0.05) is 23.2 Å². The number of aromatic carboxylic acids is 1. The normalized spacial score (nSPS) is 29.0. The van der Waals surface area contributed by atoms with Crippen LogP contribution in [-0.2, 0) is 16.1 Å². The van der Waals surface area contributed by atoms with Crippen LogP contribution in [0.4, 0.5) is 4.39 Å². The molecule has 2 aromatic carbocycles. The number of carboxylic acids is 1. The van der Waals surface area contributed by atoms with E-state index in [0.717, 1.165) is 49.9 Å². The number of rotatable bonds is 5. The van der Waals surface area contributed by atoms with Crippen molar-refractivity contribution in [1.82, 2.24) is 9.80 Å². The lowest BCUT2D eigenvalue weighted by Gasteiger charge is -2.47. The Hall–Kier alpha value is -2.39. The van der Waals surface area contributed by atoms with E-state index in [1.807, 2.05) is 0 Å². The second kappa shape index (κ2) is 10.8. The molecule has 1 aliphatic carbocycles. The summed E-state index contributed by atoms with van der Waals surface area (Å²) in [6, 6.07) is 8.11. The minimum atomic E-state index is -1.24. The van der Waals surface area contributed by atoms with E-state index >= 15 is 0 Å². The van der Waals surface area contributed by atoms with Crippen molar-refractivity contribution in [2.24, 2.45) is 11.8 Å². The Kier molecular flexibility index (Phi) is 7.49. The number of ether oxygens (including phenoxy) is 2. The Morgan fingerprint density at radius 2 is 1.93 bits per heavy atom. The van der Waals surface area contributed by atoms with Gasteiger partial charge in [-0.15, -0.1) is 0 Å². The molecule has 0 aromatic heterocycles. The minimum absolute atomic E-state index is 0.0205. The highest BCUT2D eigenvalue weighted by atomic mass is 35.5. The van der Waals surface area contributed by atoms with E-state index in [1.54, 1.807) is 23.1 Å². The molecule has 0 bridgehead atoms. The molecule has 6 rings (SSSR count). The molecular formula is C30H33Cl2FN2O5. The van der Waals surface area contributed by atoms with Gasteiger partial charge in [-0.1, -0.05) is 36.2 Å². The quantitative estimate of drug-likeness (QED) is 0.462. The van der Waals surface area contributed by atoms with E-state index in [0.29, 0.717) is 35.4 Å². The van der Waals surface area contributed by atoms with Crippen LogP contribution in [0.3, 0.4) is 0 Å². The Balaban J connectivity index is 1.10. The molecule has 2 aromatic rings. The molecule has 3 fully saturated rings. The molecule has 7 nitrogen and oxygen atoms in total. The number of piperidine rings is 1. The first-order valence-corrected chi connectivity index (χ1v) is 14.7. The van der Waals surface area contributed by atoms with Crippen LogP contribution in [0.2, 0.25) is 10.0 Å². The van der Waals surface area contributed by atoms with Gasteiger partial charge in [-0.05, 0) is 86.2 Å². The minimum Gasteiger partial charge on any atom is -0.478 e. The standard InChI is InChI=1S/C30H33Cl2FN2O5/c1-17-13-34(9-7-23(17)18-2-5-26(33)24(11-18)28(36)37)22-6-8-30(40-15-22,20-3-4-20)29(38)35-14-19-10-21(31)12-25(32)27(19)39-16-35/h2,5,10-12,17,20,22-23H,3-4,6-9,13-16H2,1H3,(H,36,37)/t17-,22+,23?,30-/m0/s1. The summed E-state index contributed by atoms with van der Waals surface area (Å²) in [4.78, 5) is 29.5. The first-order chi connectivity index (χ1) is 19.2. The Morgan fingerprint density at radius 1 is 1.12 bits per heavy atom. The average molecular weight is 592 g/mol. The number of carbonyl (C=O) groups is 2. The highest BCUT2D eigenvalue weighted by Gasteiger charge is 2.56. The number of hydrogen-bond donors (Lipinski definition) is 1. The van der Waals surface area contributed by atoms with E-state index in [2.05, 4.69) is 11.8 Å². The molecule has 1 saturated carbocycles. The summed E-state index contributed by atoms with van der Waals surface area (Å²) in [7, 11) is 0. The number of nitrogens with zero attached hydrogens (tertiary/aromatic N) is 2. The number of fused-ring (bicyclic) bond motifs is 1. The van der Waals surface area contributed by atoms with Gasteiger partial charge in [-0.25, -0.2) is 9.18 Å². The van der Waals surface area contributed by atoms with Crippen LogP contribution in [0.5, 0.6) is 5.75 Å². The van der Waals surface area contributed by atoms with Crippen molar-refractivity contribution >= 4 is 35.1 Å². The smallest absolute Gasteiger partial charge is 0.338 e. The van der Waals surface area contributed by atoms with Gasteiger partial charge in [-0.2, -0.15) is 0 Å². The fraction of sp³-hybridized carbons (Fsp3) is 0.533. The van der Waals surface area contributed by atoms with E-state index < -0.39 is 17.4 Å². The van der Waals surface area contributed by atoms with Crippen molar-refractivity contribution in [3.05, 3.63) is 62.9 Å². The second-order valence-corrected chi connectivity index (χ2v) is 12.6. The molecule has 1 unspecified atom stereocenters. The van der Waals surface area contributed by atoms with Gasteiger partial charge in [-0.3, -0.25) is 9.69 Å². The van der Waals surface area contributed by atoms with Gasteiger partial charge in [0.25, 0.3) is 5.91 Å². The maximum Gasteiger partial charge on any atom is 0.338 e. The predicted octanol–water partition coefficient (Wildman–Crippen LogP) is 5.96. The van der Waals surface area contributed by atoms with Crippen molar-refractivity contribution in [1.29, 1.82) is 0 Å². The molecule has 2 saturated heterocycles. The molecule has 4 aliphatic rings. The first-order valence-electron chi connectivity index (χ1n) is 14.0.